The zero-order chi connectivity index (χ0) is 18.8. The summed E-state index contributed by atoms with van der Waals surface area (Å²) in [6.45, 7) is 2.38. The molecule has 0 saturated carbocycles. The van der Waals surface area contributed by atoms with Gasteiger partial charge >= 0.3 is 6.09 Å². The second-order valence-electron chi connectivity index (χ2n) is 5.37. The largest absolute Gasteiger partial charge is 0.447 e. The molecule has 2 aromatic carbocycles. The minimum atomic E-state index is -0.585. The summed E-state index contributed by atoms with van der Waals surface area (Å²) in [6, 6.07) is 14.7. The number of hydroxylamine groups is 1. The van der Waals surface area contributed by atoms with Crippen LogP contribution in [0.2, 0.25) is 5.02 Å². The van der Waals surface area contributed by atoms with Crippen molar-refractivity contribution in [2.45, 2.75) is 19.9 Å². The molecule has 0 fully saturated rings. The third-order valence-corrected chi connectivity index (χ3v) is 3.99. The van der Waals surface area contributed by atoms with Gasteiger partial charge in [0.05, 0.1) is 5.69 Å². The van der Waals surface area contributed by atoms with E-state index in [1.165, 1.54) is 0 Å². The third-order valence-electron chi connectivity index (χ3n) is 3.62. The number of hydrogen-bond donors (Lipinski definition) is 1. The molecular weight excluding hydrogens is 356 g/mol. The Labute approximate surface area is 157 Å². The van der Waals surface area contributed by atoms with Gasteiger partial charge in [-0.05, 0) is 35.7 Å². The van der Waals surface area contributed by atoms with Crippen LogP contribution in [0.4, 0.5) is 10.5 Å². The molecule has 0 saturated heterocycles. The van der Waals surface area contributed by atoms with Crippen molar-refractivity contribution < 1.29 is 19.2 Å². The fourth-order valence-electron chi connectivity index (χ4n) is 2.17. The Bertz CT molecular complexity index is 722. The number of halogens is 1. The molecule has 0 aliphatic rings. The van der Waals surface area contributed by atoms with Crippen LogP contribution >= 0.6 is 11.6 Å². The van der Waals surface area contributed by atoms with E-state index in [-0.39, 0.29) is 19.8 Å². The fourth-order valence-corrected chi connectivity index (χ4v) is 2.38. The lowest BCUT2D eigenvalue weighted by atomic mass is 10.1. The standard InChI is InChI=1S/C19H21ClN2O4/c1-2-15-7-9-17(10-8-15)22(14-23)26-12-11-25-19(24)21-13-16-5-3-4-6-18(16)20/h3-10,14H,2,11-13H2,1H3,(H,21,24). The number of carbonyl (C=O) groups excluding carboxylic acids is 2. The van der Waals surface area contributed by atoms with Crippen LogP contribution in [-0.2, 0) is 27.3 Å². The Hall–Kier alpha value is -2.57. The first-order chi connectivity index (χ1) is 12.6. The van der Waals surface area contributed by atoms with Crippen molar-refractivity contribution in [2.75, 3.05) is 18.3 Å². The van der Waals surface area contributed by atoms with E-state index in [0.717, 1.165) is 22.6 Å². The van der Waals surface area contributed by atoms with Crippen LogP contribution in [0, 0.1) is 0 Å². The first kappa shape index (κ1) is 19.8. The minimum Gasteiger partial charge on any atom is -0.447 e. The lowest BCUT2D eigenvalue weighted by Gasteiger charge is -2.17. The summed E-state index contributed by atoms with van der Waals surface area (Å²) in [5.74, 6) is 0. The summed E-state index contributed by atoms with van der Waals surface area (Å²) in [5, 5.41) is 4.28. The predicted molar refractivity (Wildman–Crippen MR) is 100.0 cm³/mol. The van der Waals surface area contributed by atoms with Gasteiger partial charge in [0.25, 0.3) is 0 Å². The van der Waals surface area contributed by atoms with Crippen molar-refractivity contribution in [3.63, 3.8) is 0 Å². The summed E-state index contributed by atoms with van der Waals surface area (Å²) in [6.07, 6.45) is 0.899. The highest BCUT2D eigenvalue weighted by Gasteiger charge is 2.08. The molecule has 0 unspecified atom stereocenters. The second-order valence-corrected chi connectivity index (χ2v) is 5.77. The number of nitrogens with zero attached hydrogens (tertiary/aromatic N) is 1. The van der Waals surface area contributed by atoms with Gasteiger partial charge in [-0.3, -0.25) is 9.63 Å². The van der Waals surface area contributed by atoms with Crippen molar-refractivity contribution in [1.29, 1.82) is 0 Å². The van der Waals surface area contributed by atoms with Gasteiger partial charge in [0, 0.05) is 11.6 Å². The Morgan fingerprint density at radius 2 is 1.88 bits per heavy atom. The van der Waals surface area contributed by atoms with E-state index in [4.69, 9.17) is 21.2 Å². The van der Waals surface area contributed by atoms with Crippen molar-refractivity contribution in [3.8, 4) is 0 Å². The number of hydrogen-bond acceptors (Lipinski definition) is 4. The highest BCUT2D eigenvalue weighted by molar-refractivity contribution is 6.31. The monoisotopic (exact) mass is 376 g/mol. The van der Waals surface area contributed by atoms with Gasteiger partial charge in [-0.25, -0.2) is 4.79 Å². The molecule has 0 heterocycles. The summed E-state index contributed by atoms with van der Waals surface area (Å²) in [7, 11) is 0. The molecule has 6 nitrogen and oxygen atoms in total. The molecule has 0 radical (unpaired) electrons. The molecule has 0 bridgehead atoms. The number of aryl methyl sites for hydroxylation is 1. The number of benzene rings is 2. The summed E-state index contributed by atoms with van der Waals surface area (Å²) >= 11 is 6.01. The third kappa shape index (κ3) is 6.06. The number of amides is 2. The van der Waals surface area contributed by atoms with Gasteiger partial charge in [-0.15, -0.1) is 0 Å². The quantitative estimate of drug-likeness (QED) is 0.411. The van der Waals surface area contributed by atoms with Crippen LogP contribution in [-0.4, -0.2) is 25.7 Å². The summed E-state index contributed by atoms with van der Waals surface area (Å²) < 4.78 is 5.01. The predicted octanol–water partition coefficient (Wildman–Crippen LogP) is 3.72. The molecule has 2 amide bonds. The Morgan fingerprint density at radius 3 is 2.54 bits per heavy atom. The van der Waals surface area contributed by atoms with Gasteiger partial charge in [0.1, 0.15) is 13.2 Å². The SMILES string of the molecule is CCc1ccc(N(C=O)OCCOC(=O)NCc2ccccc2Cl)cc1. The summed E-state index contributed by atoms with van der Waals surface area (Å²) in [5.41, 5.74) is 2.57. The van der Waals surface area contributed by atoms with Gasteiger partial charge in [0.15, 0.2) is 0 Å². The van der Waals surface area contributed by atoms with E-state index in [0.29, 0.717) is 17.1 Å². The molecule has 0 aliphatic carbocycles. The van der Waals surface area contributed by atoms with Crippen LogP contribution in [0.1, 0.15) is 18.1 Å². The number of anilines is 1. The first-order valence-corrected chi connectivity index (χ1v) is 8.62. The number of ether oxygens (including phenoxy) is 1. The number of nitrogens with one attached hydrogen (secondary N) is 1. The minimum absolute atomic E-state index is 0.00569. The maximum Gasteiger partial charge on any atom is 0.407 e. The molecule has 2 rings (SSSR count). The number of alkyl carbamates (subject to hydrolysis) is 1. The molecule has 0 atom stereocenters. The Morgan fingerprint density at radius 1 is 1.15 bits per heavy atom. The molecule has 0 aliphatic heterocycles. The lowest BCUT2D eigenvalue weighted by Crippen LogP contribution is -2.28. The van der Waals surface area contributed by atoms with Crippen molar-refractivity contribution in [3.05, 3.63) is 64.7 Å². The topological polar surface area (TPSA) is 67.9 Å². The molecule has 7 heteroatoms. The van der Waals surface area contributed by atoms with E-state index in [2.05, 4.69) is 12.2 Å². The zero-order valence-corrected chi connectivity index (χ0v) is 15.2. The molecule has 26 heavy (non-hydrogen) atoms. The maximum absolute atomic E-state index is 11.7. The lowest BCUT2D eigenvalue weighted by molar-refractivity contribution is -0.114. The van der Waals surface area contributed by atoms with Crippen molar-refractivity contribution >= 4 is 29.8 Å². The van der Waals surface area contributed by atoms with Crippen molar-refractivity contribution in [1.82, 2.24) is 5.32 Å². The van der Waals surface area contributed by atoms with E-state index < -0.39 is 6.09 Å². The molecule has 1 N–H and O–H groups in total. The van der Waals surface area contributed by atoms with E-state index >= 15 is 0 Å². The van der Waals surface area contributed by atoms with Gasteiger partial charge < -0.3 is 10.1 Å². The maximum atomic E-state index is 11.7. The van der Waals surface area contributed by atoms with Gasteiger partial charge in [0.2, 0.25) is 6.41 Å². The average Bonchev–Trinajstić information content (AvgIpc) is 2.67. The van der Waals surface area contributed by atoms with Crippen LogP contribution in [0.15, 0.2) is 48.5 Å². The number of rotatable bonds is 9. The Kier molecular flexibility index (Phi) is 7.92. The van der Waals surface area contributed by atoms with Crippen LogP contribution < -0.4 is 10.4 Å². The molecule has 0 spiro atoms. The molecular formula is C19H21ClN2O4. The highest BCUT2D eigenvalue weighted by Crippen LogP contribution is 2.15. The fraction of sp³-hybridized carbons (Fsp3) is 0.263. The van der Waals surface area contributed by atoms with Crippen LogP contribution in [0.3, 0.4) is 0 Å². The first-order valence-electron chi connectivity index (χ1n) is 8.24. The smallest absolute Gasteiger partial charge is 0.407 e. The molecule has 0 aromatic heterocycles. The normalized spacial score (nSPS) is 10.2. The zero-order valence-electron chi connectivity index (χ0n) is 14.5. The van der Waals surface area contributed by atoms with Crippen LogP contribution in [0.5, 0.6) is 0 Å². The van der Waals surface area contributed by atoms with E-state index in [1.807, 2.05) is 30.3 Å². The summed E-state index contributed by atoms with van der Waals surface area (Å²) in [4.78, 5) is 28.1. The van der Waals surface area contributed by atoms with Crippen LogP contribution in [0.25, 0.3) is 0 Å². The molecule has 2 aromatic rings. The van der Waals surface area contributed by atoms with Gasteiger partial charge in [-0.1, -0.05) is 48.9 Å². The van der Waals surface area contributed by atoms with E-state index in [9.17, 15) is 9.59 Å². The second kappa shape index (κ2) is 10.4. The average molecular weight is 377 g/mol. The Balaban J connectivity index is 1.70. The highest BCUT2D eigenvalue weighted by atomic mass is 35.5. The van der Waals surface area contributed by atoms with E-state index in [1.54, 1.807) is 18.2 Å². The van der Waals surface area contributed by atoms with Gasteiger partial charge in [-0.2, -0.15) is 5.06 Å². The van der Waals surface area contributed by atoms with Crippen molar-refractivity contribution in [2.24, 2.45) is 0 Å². The molecule has 138 valence electrons. The number of carbonyl (C=O) groups is 2.